The van der Waals surface area contributed by atoms with Crippen LogP contribution in [0.2, 0.25) is 0 Å². The first-order valence-corrected chi connectivity index (χ1v) is 6.27. The van der Waals surface area contributed by atoms with Crippen molar-refractivity contribution in [3.05, 3.63) is 0 Å². The van der Waals surface area contributed by atoms with Crippen molar-refractivity contribution < 1.29 is 14.4 Å². The van der Waals surface area contributed by atoms with Crippen molar-refractivity contribution in [1.29, 1.82) is 0 Å². The lowest BCUT2D eigenvalue weighted by atomic mass is 9.94. The molecule has 17 heavy (non-hydrogen) atoms. The average molecular weight is 239 g/mol. The van der Waals surface area contributed by atoms with Crippen LogP contribution in [-0.2, 0) is 14.4 Å². The Labute approximate surface area is 102 Å². The summed E-state index contributed by atoms with van der Waals surface area (Å²) in [6.07, 6.45) is 2.35. The standard InChI is InChI=1S/C13H21NO3/c1-9(2)11-8-12(16)14(13(11)17)7-5-4-6-10(3)15/h9,11H,4-8H2,1-3H3. The van der Waals surface area contributed by atoms with Crippen molar-refractivity contribution >= 4 is 17.6 Å². The lowest BCUT2D eigenvalue weighted by Gasteiger charge is -2.16. The Morgan fingerprint density at radius 1 is 1.35 bits per heavy atom. The maximum absolute atomic E-state index is 11.9. The zero-order valence-corrected chi connectivity index (χ0v) is 10.9. The van der Waals surface area contributed by atoms with Gasteiger partial charge in [0.1, 0.15) is 5.78 Å². The molecule has 1 heterocycles. The van der Waals surface area contributed by atoms with Gasteiger partial charge in [-0.1, -0.05) is 13.8 Å². The molecule has 1 unspecified atom stereocenters. The van der Waals surface area contributed by atoms with Crippen molar-refractivity contribution in [2.24, 2.45) is 11.8 Å². The van der Waals surface area contributed by atoms with Crippen LogP contribution in [0, 0.1) is 11.8 Å². The van der Waals surface area contributed by atoms with Crippen LogP contribution in [0.5, 0.6) is 0 Å². The van der Waals surface area contributed by atoms with E-state index in [0.29, 0.717) is 19.4 Å². The first-order chi connectivity index (χ1) is 7.93. The number of carbonyl (C=O) groups is 3. The zero-order chi connectivity index (χ0) is 13.0. The molecule has 2 amide bonds. The number of nitrogens with zero attached hydrogens (tertiary/aromatic N) is 1. The van der Waals surface area contributed by atoms with E-state index in [0.717, 1.165) is 12.8 Å². The van der Waals surface area contributed by atoms with Crippen LogP contribution in [0.15, 0.2) is 0 Å². The number of likely N-dealkylation sites (tertiary alicyclic amines) is 1. The van der Waals surface area contributed by atoms with Gasteiger partial charge in [-0.15, -0.1) is 0 Å². The Hall–Kier alpha value is -1.19. The number of unbranched alkanes of at least 4 members (excludes halogenated alkanes) is 1. The minimum absolute atomic E-state index is 0.0344. The van der Waals surface area contributed by atoms with Crippen LogP contribution in [0.4, 0.5) is 0 Å². The second kappa shape index (κ2) is 5.94. The quantitative estimate of drug-likeness (QED) is 0.524. The number of ketones is 1. The summed E-state index contributed by atoms with van der Waals surface area (Å²) in [6, 6.07) is 0. The van der Waals surface area contributed by atoms with Gasteiger partial charge in [-0.05, 0) is 25.7 Å². The maximum atomic E-state index is 11.9. The third kappa shape index (κ3) is 3.65. The van der Waals surface area contributed by atoms with Gasteiger partial charge in [-0.2, -0.15) is 0 Å². The van der Waals surface area contributed by atoms with Crippen molar-refractivity contribution in [1.82, 2.24) is 4.90 Å². The van der Waals surface area contributed by atoms with Crippen LogP contribution in [0.3, 0.4) is 0 Å². The molecule has 96 valence electrons. The minimum Gasteiger partial charge on any atom is -0.300 e. The highest BCUT2D eigenvalue weighted by Crippen LogP contribution is 2.26. The topological polar surface area (TPSA) is 54.5 Å². The number of Topliss-reactive ketones (excluding diaryl/α,β-unsaturated/α-hetero) is 1. The van der Waals surface area contributed by atoms with Crippen molar-refractivity contribution in [2.45, 2.75) is 46.5 Å². The third-order valence-electron chi connectivity index (χ3n) is 3.24. The summed E-state index contributed by atoms with van der Waals surface area (Å²) in [5.41, 5.74) is 0. The summed E-state index contributed by atoms with van der Waals surface area (Å²) >= 11 is 0. The molecule has 1 saturated heterocycles. The summed E-state index contributed by atoms with van der Waals surface area (Å²) in [5, 5.41) is 0. The fraction of sp³-hybridized carbons (Fsp3) is 0.769. The largest absolute Gasteiger partial charge is 0.300 e. The highest BCUT2D eigenvalue weighted by molar-refractivity contribution is 6.03. The summed E-state index contributed by atoms with van der Waals surface area (Å²) in [5.74, 6) is 0.137. The number of hydrogen-bond donors (Lipinski definition) is 0. The maximum Gasteiger partial charge on any atom is 0.233 e. The Morgan fingerprint density at radius 3 is 2.47 bits per heavy atom. The van der Waals surface area contributed by atoms with Gasteiger partial charge < -0.3 is 4.79 Å². The molecule has 1 fully saturated rings. The smallest absolute Gasteiger partial charge is 0.233 e. The van der Waals surface area contributed by atoms with Crippen molar-refractivity contribution in [3.63, 3.8) is 0 Å². The molecule has 0 spiro atoms. The van der Waals surface area contributed by atoms with E-state index in [9.17, 15) is 14.4 Å². The molecule has 1 atom stereocenters. The fourth-order valence-corrected chi connectivity index (χ4v) is 2.11. The van der Waals surface area contributed by atoms with Gasteiger partial charge in [0.2, 0.25) is 11.8 Å². The molecule has 0 aliphatic carbocycles. The first-order valence-electron chi connectivity index (χ1n) is 6.27. The van der Waals surface area contributed by atoms with Gasteiger partial charge in [0.15, 0.2) is 0 Å². The molecular formula is C13H21NO3. The lowest BCUT2D eigenvalue weighted by molar-refractivity contribution is -0.139. The van der Waals surface area contributed by atoms with E-state index in [1.54, 1.807) is 6.92 Å². The predicted octanol–water partition coefficient (Wildman–Crippen LogP) is 1.78. The first kappa shape index (κ1) is 13.9. The average Bonchev–Trinajstić information content (AvgIpc) is 2.50. The molecule has 0 bridgehead atoms. The Balaban J connectivity index is 2.41. The Kier molecular flexibility index (Phi) is 4.85. The van der Waals surface area contributed by atoms with Gasteiger partial charge in [0.25, 0.3) is 0 Å². The van der Waals surface area contributed by atoms with Gasteiger partial charge in [-0.25, -0.2) is 0 Å². The van der Waals surface area contributed by atoms with Crippen LogP contribution in [-0.4, -0.2) is 29.0 Å². The normalized spacial score (nSPS) is 20.5. The van der Waals surface area contributed by atoms with Crippen LogP contribution >= 0.6 is 0 Å². The summed E-state index contributed by atoms with van der Waals surface area (Å²) in [7, 11) is 0. The number of amides is 2. The number of carbonyl (C=O) groups excluding carboxylic acids is 3. The number of imide groups is 1. The predicted molar refractivity (Wildman–Crippen MR) is 64.2 cm³/mol. The lowest BCUT2D eigenvalue weighted by Crippen LogP contribution is -2.32. The molecule has 4 nitrogen and oxygen atoms in total. The Bertz CT molecular complexity index is 323. The molecular weight excluding hydrogens is 218 g/mol. The van der Waals surface area contributed by atoms with Crippen LogP contribution in [0.25, 0.3) is 0 Å². The van der Waals surface area contributed by atoms with Gasteiger partial charge in [0, 0.05) is 25.3 Å². The second-order valence-electron chi connectivity index (χ2n) is 5.10. The van der Waals surface area contributed by atoms with E-state index in [1.807, 2.05) is 13.8 Å². The molecule has 0 N–H and O–H groups in total. The monoisotopic (exact) mass is 239 g/mol. The summed E-state index contributed by atoms with van der Waals surface area (Å²) < 4.78 is 0. The van der Waals surface area contributed by atoms with Crippen molar-refractivity contribution in [3.8, 4) is 0 Å². The van der Waals surface area contributed by atoms with E-state index in [4.69, 9.17) is 0 Å². The third-order valence-corrected chi connectivity index (χ3v) is 3.24. The molecule has 0 aromatic heterocycles. The molecule has 0 radical (unpaired) electrons. The zero-order valence-electron chi connectivity index (χ0n) is 10.9. The minimum atomic E-state index is -0.143. The molecule has 1 aliphatic rings. The Morgan fingerprint density at radius 2 is 2.00 bits per heavy atom. The SMILES string of the molecule is CC(=O)CCCCN1C(=O)CC(C(C)C)C1=O. The van der Waals surface area contributed by atoms with Gasteiger partial charge in [-0.3, -0.25) is 14.5 Å². The van der Waals surface area contributed by atoms with Gasteiger partial charge >= 0.3 is 0 Å². The van der Waals surface area contributed by atoms with E-state index in [1.165, 1.54) is 4.90 Å². The van der Waals surface area contributed by atoms with Gasteiger partial charge in [0.05, 0.1) is 0 Å². The molecule has 1 aliphatic heterocycles. The van der Waals surface area contributed by atoms with E-state index in [-0.39, 0.29) is 29.4 Å². The van der Waals surface area contributed by atoms with Crippen LogP contribution < -0.4 is 0 Å². The fourth-order valence-electron chi connectivity index (χ4n) is 2.11. The summed E-state index contributed by atoms with van der Waals surface area (Å²) in [4.78, 5) is 35.7. The molecule has 4 heteroatoms. The van der Waals surface area contributed by atoms with Crippen molar-refractivity contribution in [2.75, 3.05) is 6.54 Å². The van der Waals surface area contributed by atoms with Crippen LogP contribution in [0.1, 0.15) is 46.5 Å². The van der Waals surface area contributed by atoms with E-state index >= 15 is 0 Å². The van der Waals surface area contributed by atoms with E-state index < -0.39 is 0 Å². The molecule has 0 aromatic rings. The summed E-state index contributed by atoms with van der Waals surface area (Å²) in [6.45, 7) is 5.96. The van der Waals surface area contributed by atoms with E-state index in [2.05, 4.69) is 0 Å². The highest BCUT2D eigenvalue weighted by atomic mass is 16.2. The highest BCUT2D eigenvalue weighted by Gasteiger charge is 2.39. The number of rotatable bonds is 6. The molecule has 0 aromatic carbocycles. The molecule has 0 saturated carbocycles. The second-order valence-corrected chi connectivity index (χ2v) is 5.10. The number of hydrogen-bond acceptors (Lipinski definition) is 3. The molecule has 1 rings (SSSR count).